The van der Waals surface area contributed by atoms with Gasteiger partial charge >= 0.3 is 0 Å². The third-order valence-corrected chi connectivity index (χ3v) is 2.81. The Morgan fingerprint density at radius 1 is 1.47 bits per heavy atom. The van der Waals surface area contributed by atoms with Crippen molar-refractivity contribution >= 4 is 5.91 Å². The Bertz CT molecular complexity index is 223. The molecule has 0 radical (unpaired) electrons. The summed E-state index contributed by atoms with van der Waals surface area (Å²) < 4.78 is 0. The van der Waals surface area contributed by atoms with Crippen molar-refractivity contribution in [2.24, 2.45) is 0 Å². The maximum absolute atomic E-state index is 11.6. The molecule has 0 aromatic rings. The average molecular weight is 214 g/mol. The summed E-state index contributed by atoms with van der Waals surface area (Å²) in [7, 11) is 3.91. The average Bonchev–Trinajstić information content (AvgIpc) is 2.10. The van der Waals surface area contributed by atoms with E-state index in [-0.39, 0.29) is 5.91 Å². The van der Waals surface area contributed by atoms with E-state index in [4.69, 9.17) is 0 Å². The Morgan fingerprint density at radius 3 is 2.53 bits per heavy atom. The van der Waals surface area contributed by atoms with Crippen LogP contribution in [-0.2, 0) is 4.79 Å². The first kappa shape index (κ1) is 12.5. The summed E-state index contributed by atoms with van der Waals surface area (Å²) in [6.45, 7) is 3.87. The van der Waals surface area contributed by atoms with Gasteiger partial charge in [-0.25, -0.2) is 0 Å². The molecule has 1 aliphatic rings. The van der Waals surface area contributed by atoms with Gasteiger partial charge in [-0.15, -0.1) is 0 Å². The summed E-state index contributed by atoms with van der Waals surface area (Å²) in [5.41, 5.74) is -0.595. The SMILES string of the molecule is CCCC1(O)CN(C(=O)CCN(C)C)C1. The standard InChI is InChI=1S/C11H22N2O2/c1-4-6-11(15)8-13(9-11)10(14)5-7-12(2)3/h15H,4-9H2,1-3H3. The van der Waals surface area contributed by atoms with Gasteiger partial charge < -0.3 is 14.9 Å². The molecule has 0 unspecified atom stereocenters. The number of amides is 1. The number of hydrogen-bond acceptors (Lipinski definition) is 3. The topological polar surface area (TPSA) is 43.8 Å². The van der Waals surface area contributed by atoms with Gasteiger partial charge in [0.05, 0.1) is 18.7 Å². The van der Waals surface area contributed by atoms with E-state index in [0.29, 0.717) is 19.5 Å². The molecule has 1 amide bonds. The molecule has 4 nitrogen and oxygen atoms in total. The van der Waals surface area contributed by atoms with Crippen LogP contribution in [0.2, 0.25) is 0 Å². The van der Waals surface area contributed by atoms with E-state index in [9.17, 15) is 9.90 Å². The maximum atomic E-state index is 11.6. The third kappa shape index (κ3) is 3.47. The number of likely N-dealkylation sites (tertiary alicyclic amines) is 1. The molecule has 0 aromatic heterocycles. The fourth-order valence-electron chi connectivity index (χ4n) is 1.94. The summed E-state index contributed by atoms with van der Waals surface area (Å²) in [5, 5.41) is 9.90. The van der Waals surface area contributed by atoms with Gasteiger partial charge in [-0.1, -0.05) is 13.3 Å². The number of nitrogens with zero attached hydrogens (tertiary/aromatic N) is 2. The molecule has 0 saturated carbocycles. The predicted octanol–water partition coefficient (Wildman–Crippen LogP) is 0.312. The van der Waals surface area contributed by atoms with E-state index in [2.05, 4.69) is 6.92 Å². The fourth-order valence-corrected chi connectivity index (χ4v) is 1.94. The largest absolute Gasteiger partial charge is 0.386 e. The lowest BCUT2D eigenvalue weighted by Crippen LogP contribution is -2.63. The lowest BCUT2D eigenvalue weighted by atomic mass is 9.89. The first-order chi connectivity index (χ1) is 6.97. The summed E-state index contributed by atoms with van der Waals surface area (Å²) in [4.78, 5) is 15.4. The van der Waals surface area contributed by atoms with E-state index in [1.54, 1.807) is 4.90 Å². The highest BCUT2D eigenvalue weighted by atomic mass is 16.3. The van der Waals surface area contributed by atoms with Gasteiger partial charge in [0.2, 0.25) is 5.91 Å². The maximum Gasteiger partial charge on any atom is 0.224 e. The van der Waals surface area contributed by atoms with Gasteiger partial charge in [-0.2, -0.15) is 0 Å². The zero-order valence-electron chi connectivity index (χ0n) is 9.99. The molecule has 0 spiro atoms. The van der Waals surface area contributed by atoms with Crippen LogP contribution in [0.4, 0.5) is 0 Å². The van der Waals surface area contributed by atoms with Crippen molar-refractivity contribution in [2.75, 3.05) is 33.7 Å². The quantitative estimate of drug-likeness (QED) is 0.716. The normalized spacial score (nSPS) is 19.1. The Hall–Kier alpha value is -0.610. The lowest BCUT2D eigenvalue weighted by molar-refractivity contribution is -0.156. The number of hydrogen-bond donors (Lipinski definition) is 1. The van der Waals surface area contributed by atoms with Crippen LogP contribution in [-0.4, -0.2) is 60.1 Å². The minimum Gasteiger partial charge on any atom is -0.386 e. The van der Waals surface area contributed by atoms with Gasteiger partial charge in [0, 0.05) is 13.0 Å². The molecule has 1 fully saturated rings. The molecule has 0 aromatic carbocycles. The monoisotopic (exact) mass is 214 g/mol. The Labute approximate surface area is 91.9 Å². The molecule has 1 heterocycles. The van der Waals surface area contributed by atoms with Crippen LogP contribution in [0.25, 0.3) is 0 Å². The second-order valence-electron chi connectivity index (χ2n) is 4.78. The van der Waals surface area contributed by atoms with Gasteiger partial charge in [-0.05, 0) is 20.5 Å². The molecular weight excluding hydrogens is 192 g/mol. The zero-order valence-corrected chi connectivity index (χ0v) is 9.99. The minimum absolute atomic E-state index is 0.157. The van der Waals surface area contributed by atoms with E-state index in [0.717, 1.165) is 19.4 Å². The smallest absolute Gasteiger partial charge is 0.224 e. The van der Waals surface area contributed by atoms with E-state index < -0.39 is 5.60 Å². The molecule has 1 N–H and O–H groups in total. The van der Waals surface area contributed by atoms with Crippen LogP contribution < -0.4 is 0 Å². The highest BCUT2D eigenvalue weighted by Crippen LogP contribution is 2.26. The van der Waals surface area contributed by atoms with Gasteiger partial charge in [-0.3, -0.25) is 4.79 Å². The highest BCUT2D eigenvalue weighted by Gasteiger charge is 2.42. The Kier molecular flexibility index (Phi) is 4.11. The number of rotatable bonds is 5. The Balaban J connectivity index is 2.23. The summed E-state index contributed by atoms with van der Waals surface area (Å²) in [6, 6.07) is 0. The summed E-state index contributed by atoms with van der Waals surface area (Å²) in [5.74, 6) is 0.157. The van der Waals surface area contributed by atoms with Crippen LogP contribution >= 0.6 is 0 Å². The molecular formula is C11H22N2O2. The molecule has 1 aliphatic heterocycles. The van der Waals surface area contributed by atoms with Crippen molar-refractivity contribution in [3.63, 3.8) is 0 Å². The molecule has 1 rings (SSSR count). The first-order valence-electron chi connectivity index (χ1n) is 5.62. The third-order valence-electron chi connectivity index (χ3n) is 2.81. The van der Waals surface area contributed by atoms with Crippen LogP contribution in [0.3, 0.4) is 0 Å². The van der Waals surface area contributed by atoms with Gasteiger partial charge in [0.25, 0.3) is 0 Å². The molecule has 0 bridgehead atoms. The summed E-state index contributed by atoms with van der Waals surface area (Å²) >= 11 is 0. The predicted molar refractivity (Wildman–Crippen MR) is 59.6 cm³/mol. The van der Waals surface area contributed by atoms with Crippen molar-refractivity contribution < 1.29 is 9.90 Å². The van der Waals surface area contributed by atoms with Crippen LogP contribution in [0, 0.1) is 0 Å². The Morgan fingerprint density at radius 2 is 2.07 bits per heavy atom. The van der Waals surface area contributed by atoms with Crippen molar-refractivity contribution in [1.82, 2.24) is 9.80 Å². The molecule has 88 valence electrons. The van der Waals surface area contributed by atoms with Crippen LogP contribution in [0.15, 0.2) is 0 Å². The van der Waals surface area contributed by atoms with Gasteiger partial charge in [0.1, 0.15) is 0 Å². The molecule has 4 heteroatoms. The van der Waals surface area contributed by atoms with Crippen molar-refractivity contribution in [3.05, 3.63) is 0 Å². The first-order valence-corrected chi connectivity index (χ1v) is 5.62. The molecule has 1 saturated heterocycles. The molecule has 0 atom stereocenters. The van der Waals surface area contributed by atoms with E-state index in [1.807, 2.05) is 19.0 Å². The van der Waals surface area contributed by atoms with E-state index >= 15 is 0 Å². The van der Waals surface area contributed by atoms with Gasteiger partial charge in [0.15, 0.2) is 0 Å². The second-order valence-corrected chi connectivity index (χ2v) is 4.78. The van der Waals surface area contributed by atoms with E-state index in [1.165, 1.54) is 0 Å². The highest BCUT2D eigenvalue weighted by molar-refractivity contribution is 5.77. The number of carbonyl (C=O) groups excluding carboxylic acids is 1. The number of aliphatic hydroxyl groups is 1. The summed E-state index contributed by atoms with van der Waals surface area (Å²) in [6.07, 6.45) is 2.32. The van der Waals surface area contributed by atoms with Crippen LogP contribution in [0.1, 0.15) is 26.2 Å². The number of β-amino-alcohol motifs (C(OH)–C–C–N with tert-alkyl or cyclic N) is 1. The second kappa shape index (κ2) is 4.94. The van der Waals surface area contributed by atoms with Crippen molar-refractivity contribution in [2.45, 2.75) is 31.8 Å². The molecule has 0 aliphatic carbocycles. The van der Waals surface area contributed by atoms with Crippen molar-refractivity contribution in [1.29, 1.82) is 0 Å². The van der Waals surface area contributed by atoms with Crippen molar-refractivity contribution in [3.8, 4) is 0 Å². The fraction of sp³-hybridized carbons (Fsp3) is 0.909. The lowest BCUT2D eigenvalue weighted by Gasteiger charge is -2.46. The minimum atomic E-state index is -0.595. The number of carbonyl (C=O) groups is 1. The molecule has 15 heavy (non-hydrogen) atoms. The zero-order chi connectivity index (χ0) is 11.5. The van der Waals surface area contributed by atoms with Crippen LogP contribution in [0.5, 0.6) is 0 Å².